The summed E-state index contributed by atoms with van der Waals surface area (Å²) in [6, 6.07) is 0.305. The lowest BCUT2D eigenvalue weighted by molar-refractivity contribution is -0.127. The summed E-state index contributed by atoms with van der Waals surface area (Å²) in [6.45, 7) is 3.95. The van der Waals surface area contributed by atoms with Crippen molar-refractivity contribution < 1.29 is 14.3 Å². The molecular formula is C12H23N3O3. The maximum Gasteiger partial charge on any atom is 0.409 e. The third-order valence-corrected chi connectivity index (χ3v) is 3.06. The van der Waals surface area contributed by atoms with Crippen LogP contribution < -0.4 is 5.32 Å². The smallest absolute Gasteiger partial charge is 0.409 e. The van der Waals surface area contributed by atoms with Gasteiger partial charge in [0, 0.05) is 33.2 Å². The number of piperidine rings is 1. The van der Waals surface area contributed by atoms with Crippen LogP contribution >= 0.6 is 0 Å². The highest BCUT2D eigenvalue weighted by molar-refractivity contribution is 5.77. The number of carbonyl (C=O) groups is 2. The van der Waals surface area contributed by atoms with Gasteiger partial charge in [0.15, 0.2) is 0 Å². The van der Waals surface area contributed by atoms with Crippen molar-refractivity contribution in [2.24, 2.45) is 0 Å². The molecule has 1 aliphatic rings. The summed E-state index contributed by atoms with van der Waals surface area (Å²) in [5.74, 6) is 0.0721. The average Bonchev–Trinajstić information content (AvgIpc) is 2.36. The van der Waals surface area contributed by atoms with Gasteiger partial charge in [-0.25, -0.2) is 4.79 Å². The predicted molar refractivity (Wildman–Crippen MR) is 68.3 cm³/mol. The van der Waals surface area contributed by atoms with Crippen LogP contribution in [0.1, 0.15) is 19.8 Å². The highest BCUT2D eigenvalue weighted by Gasteiger charge is 2.23. The molecule has 1 fully saturated rings. The van der Waals surface area contributed by atoms with E-state index < -0.39 is 0 Å². The number of nitrogens with zero attached hydrogens (tertiary/aromatic N) is 2. The van der Waals surface area contributed by atoms with Crippen LogP contribution in [0.15, 0.2) is 0 Å². The number of ether oxygens (including phenoxy) is 1. The molecule has 1 saturated heterocycles. The lowest BCUT2D eigenvalue weighted by Crippen LogP contribution is -2.47. The van der Waals surface area contributed by atoms with Crippen molar-refractivity contribution in [2.75, 3.05) is 40.3 Å². The monoisotopic (exact) mass is 257 g/mol. The van der Waals surface area contributed by atoms with Crippen LogP contribution in [-0.2, 0) is 9.53 Å². The van der Waals surface area contributed by atoms with E-state index in [2.05, 4.69) is 5.32 Å². The maximum atomic E-state index is 11.5. The molecule has 0 radical (unpaired) electrons. The van der Waals surface area contributed by atoms with Crippen molar-refractivity contribution in [2.45, 2.75) is 25.8 Å². The average molecular weight is 257 g/mol. The van der Waals surface area contributed by atoms with Crippen LogP contribution in [0.2, 0.25) is 0 Å². The molecule has 1 heterocycles. The zero-order chi connectivity index (χ0) is 13.5. The Bertz CT molecular complexity index is 286. The lowest BCUT2D eigenvalue weighted by Gasteiger charge is -2.31. The van der Waals surface area contributed by atoms with Gasteiger partial charge in [-0.2, -0.15) is 0 Å². The van der Waals surface area contributed by atoms with Crippen LogP contribution in [0.5, 0.6) is 0 Å². The molecule has 104 valence electrons. The normalized spacial score (nSPS) is 16.5. The number of likely N-dealkylation sites (N-methyl/N-ethyl adjacent to an activating group) is 1. The highest BCUT2D eigenvalue weighted by atomic mass is 16.6. The van der Waals surface area contributed by atoms with Gasteiger partial charge in [0.25, 0.3) is 0 Å². The first-order chi connectivity index (χ1) is 8.54. The molecule has 6 heteroatoms. The molecular weight excluding hydrogens is 234 g/mol. The lowest BCUT2D eigenvalue weighted by atomic mass is 10.1. The molecule has 0 aliphatic carbocycles. The van der Waals surface area contributed by atoms with Gasteiger partial charge >= 0.3 is 6.09 Å². The number of carbonyl (C=O) groups excluding carboxylic acids is 2. The molecule has 6 nitrogen and oxygen atoms in total. The molecule has 0 atom stereocenters. The predicted octanol–water partition coefficient (Wildman–Crippen LogP) is 0.285. The molecule has 0 aromatic heterocycles. The van der Waals surface area contributed by atoms with Gasteiger partial charge in [-0.15, -0.1) is 0 Å². The Kier molecular flexibility index (Phi) is 5.91. The standard InChI is InChI=1S/C12H23N3O3/c1-4-18-12(17)15-7-5-10(6-8-15)13-9-11(16)14(2)3/h10,13H,4-9H2,1-3H3. The minimum atomic E-state index is -0.236. The maximum absolute atomic E-state index is 11.5. The zero-order valence-corrected chi connectivity index (χ0v) is 11.4. The molecule has 0 aromatic rings. The van der Waals surface area contributed by atoms with Crippen molar-refractivity contribution >= 4 is 12.0 Å². The first-order valence-electron chi connectivity index (χ1n) is 6.39. The largest absolute Gasteiger partial charge is 0.450 e. The molecule has 0 bridgehead atoms. The summed E-state index contributed by atoms with van der Waals surface area (Å²) < 4.78 is 4.95. The molecule has 2 amide bonds. The van der Waals surface area contributed by atoms with E-state index in [0.717, 1.165) is 12.8 Å². The van der Waals surface area contributed by atoms with Gasteiger partial charge < -0.3 is 19.9 Å². The SMILES string of the molecule is CCOC(=O)N1CCC(NCC(=O)N(C)C)CC1. The Labute approximate surface area is 108 Å². The van der Waals surface area contributed by atoms with E-state index in [1.54, 1.807) is 30.8 Å². The third kappa shape index (κ3) is 4.52. The molecule has 1 aliphatic heterocycles. The summed E-state index contributed by atoms with van der Waals surface area (Å²) in [5, 5.41) is 3.22. The van der Waals surface area contributed by atoms with Crippen molar-refractivity contribution in [1.29, 1.82) is 0 Å². The summed E-state index contributed by atoms with van der Waals surface area (Å²) in [5.41, 5.74) is 0. The fourth-order valence-corrected chi connectivity index (χ4v) is 1.87. The highest BCUT2D eigenvalue weighted by Crippen LogP contribution is 2.11. The molecule has 0 aromatic carbocycles. The van der Waals surface area contributed by atoms with E-state index in [9.17, 15) is 9.59 Å². The van der Waals surface area contributed by atoms with Gasteiger partial charge in [-0.05, 0) is 19.8 Å². The first-order valence-corrected chi connectivity index (χ1v) is 6.39. The van der Waals surface area contributed by atoms with Crippen LogP contribution in [0.3, 0.4) is 0 Å². The van der Waals surface area contributed by atoms with Crippen molar-refractivity contribution in [3.05, 3.63) is 0 Å². The molecule has 0 unspecified atom stereocenters. The van der Waals surface area contributed by atoms with Gasteiger partial charge in [0.1, 0.15) is 0 Å². The van der Waals surface area contributed by atoms with Crippen LogP contribution in [0.25, 0.3) is 0 Å². The Hall–Kier alpha value is -1.30. The van der Waals surface area contributed by atoms with E-state index in [-0.39, 0.29) is 12.0 Å². The van der Waals surface area contributed by atoms with Crippen molar-refractivity contribution in [1.82, 2.24) is 15.1 Å². The van der Waals surface area contributed by atoms with Gasteiger partial charge in [-0.3, -0.25) is 4.79 Å². The van der Waals surface area contributed by atoms with Crippen molar-refractivity contribution in [3.63, 3.8) is 0 Å². The van der Waals surface area contributed by atoms with Crippen LogP contribution in [-0.4, -0.2) is 68.2 Å². The minimum absolute atomic E-state index is 0.0721. The number of hydrogen-bond donors (Lipinski definition) is 1. The summed E-state index contributed by atoms with van der Waals surface area (Å²) in [6.07, 6.45) is 1.49. The van der Waals surface area contributed by atoms with Crippen LogP contribution in [0, 0.1) is 0 Å². The van der Waals surface area contributed by atoms with Crippen molar-refractivity contribution in [3.8, 4) is 0 Å². The number of amides is 2. The van der Waals surface area contributed by atoms with E-state index >= 15 is 0 Å². The number of nitrogens with one attached hydrogen (secondary N) is 1. The van der Waals surface area contributed by atoms with E-state index in [1.807, 2.05) is 0 Å². The quantitative estimate of drug-likeness (QED) is 0.786. The Morgan fingerprint density at radius 1 is 1.33 bits per heavy atom. The Morgan fingerprint density at radius 2 is 1.94 bits per heavy atom. The molecule has 1 N–H and O–H groups in total. The molecule has 0 saturated carbocycles. The van der Waals surface area contributed by atoms with Gasteiger partial charge in [-0.1, -0.05) is 0 Å². The summed E-state index contributed by atoms with van der Waals surface area (Å²) >= 11 is 0. The number of rotatable bonds is 4. The molecule has 0 spiro atoms. The number of likely N-dealkylation sites (tertiary alicyclic amines) is 1. The van der Waals surface area contributed by atoms with Gasteiger partial charge in [0.05, 0.1) is 13.2 Å². The minimum Gasteiger partial charge on any atom is -0.450 e. The second kappa shape index (κ2) is 7.20. The van der Waals surface area contributed by atoms with E-state index in [0.29, 0.717) is 32.3 Å². The fraction of sp³-hybridized carbons (Fsp3) is 0.833. The zero-order valence-electron chi connectivity index (χ0n) is 11.4. The van der Waals surface area contributed by atoms with E-state index in [1.165, 1.54) is 0 Å². The topological polar surface area (TPSA) is 61.9 Å². The summed E-state index contributed by atoms with van der Waals surface area (Å²) in [7, 11) is 3.49. The third-order valence-electron chi connectivity index (χ3n) is 3.06. The molecule has 18 heavy (non-hydrogen) atoms. The summed E-state index contributed by atoms with van der Waals surface area (Å²) in [4.78, 5) is 26.2. The van der Waals surface area contributed by atoms with Crippen LogP contribution in [0.4, 0.5) is 4.79 Å². The van der Waals surface area contributed by atoms with E-state index in [4.69, 9.17) is 4.74 Å². The Morgan fingerprint density at radius 3 is 2.44 bits per heavy atom. The number of hydrogen-bond acceptors (Lipinski definition) is 4. The fourth-order valence-electron chi connectivity index (χ4n) is 1.87. The second-order valence-corrected chi connectivity index (χ2v) is 4.63. The van der Waals surface area contributed by atoms with Gasteiger partial charge in [0.2, 0.25) is 5.91 Å². The molecule has 1 rings (SSSR count). The Balaban J connectivity index is 2.23. The first kappa shape index (κ1) is 14.8. The second-order valence-electron chi connectivity index (χ2n) is 4.63.